The van der Waals surface area contributed by atoms with Crippen molar-refractivity contribution in [1.82, 2.24) is 4.90 Å². The smallest absolute Gasteiger partial charge is 0.313 e. The molecule has 1 fully saturated rings. The summed E-state index contributed by atoms with van der Waals surface area (Å²) in [6.45, 7) is 8.11. The van der Waals surface area contributed by atoms with Gasteiger partial charge in [0.25, 0.3) is 0 Å². The molecule has 30 heavy (non-hydrogen) atoms. The topological polar surface area (TPSA) is 49.8 Å². The molecule has 2 heterocycles. The van der Waals surface area contributed by atoms with Crippen molar-refractivity contribution in [2.75, 3.05) is 19.7 Å². The standard InChI is InChI=1S/C25H31NO3S/c1-4-29-23(27)25(17-20-9-6-5-7-10-20)14-8-16-26(19-25)18-22-12-11-21(30-22)13-15-24(2,3)28/h5-7,9-12,28H,4,8,14,16-19H2,1-3H3/t25-/m0/s1. The molecule has 0 saturated carbocycles. The molecule has 1 aromatic carbocycles. The van der Waals surface area contributed by atoms with E-state index in [1.165, 1.54) is 10.4 Å². The SMILES string of the molecule is CCOC(=O)[C@]1(Cc2ccccc2)CCCN(Cc2ccc(C#CC(C)(C)O)s2)C1. The molecule has 3 rings (SSSR count). The quantitative estimate of drug-likeness (QED) is 0.555. The highest BCUT2D eigenvalue weighted by molar-refractivity contribution is 7.12. The van der Waals surface area contributed by atoms with Crippen molar-refractivity contribution < 1.29 is 14.6 Å². The molecule has 0 spiro atoms. The fraction of sp³-hybridized carbons (Fsp3) is 0.480. The van der Waals surface area contributed by atoms with Crippen LogP contribution in [0.25, 0.3) is 0 Å². The number of rotatable bonds is 6. The molecule has 4 nitrogen and oxygen atoms in total. The van der Waals surface area contributed by atoms with Crippen molar-refractivity contribution in [3.8, 4) is 11.8 Å². The molecule has 1 aliphatic heterocycles. The van der Waals surface area contributed by atoms with Crippen molar-refractivity contribution in [3.63, 3.8) is 0 Å². The van der Waals surface area contributed by atoms with Crippen LogP contribution in [0.5, 0.6) is 0 Å². The number of hydrogen-bond acceptors (Lipinski definition) is 5. The molecule has 1 atom stereocenters. The molecule has 0 bridgehead atoms. The Labute approximate surface area is 183 Å². The Hall–Kier alpha value is -2.13. The minimum absolute atomic E-state index is 0.0820. The Bertz CT molecular complexity index is 904. The lowest BCUT2D eigenvalue weighted by atomic mass is 9.75. The normalized spacial score (nSPS) is 19.7. The van der Waals surface area contributed by atoms with Crippen LogP contribution < -0.4 is 0 Å². The van der Waals surface area contributed by atoms with Crippen molar-refractivity contribution in [2.45, 2.75) is 52.2 Å². The average Bonchev–Trinajstić information content (AvgIpc) is 3.14. The van der Waals surface area contributed by atoms with Gasteiger partial charge in [-0.05, 0) is 64.3 Å². The molecule has 0 radical (unpaired) electrons. The van der Waals surface area contributed by atoms with Crippen LogP contribution in [0.2, 0.25) is 0 Å². The largest absolute Gasteiger partial charge is 0.466 e. The van der Waals surface area contributed by atoms with Crippen LogP contribution in [0.15, 0.2) is 42.5 Å². The number of thiophene rings is 1. The first-order valence-electron chi connectivity index (χ1n) is 10.6. The number of nitrogens with zero attached hydrogens (tertiary/aromatic N) is 1. The van der Waals surface area contributed by atoms with E-state index in [2.05, 4.69) is 34.9 Å². The second-order valence-corrected chi connectivity index (χ2v) is 9.72. The lowest BCUT2D eigenvalue weighted by molar-refractivity contribution is -0.159. The zero-order valence-electron chi connectivity index (χ0n) is 18.1. The first-order chi connectivity index (χ1) is 14.3. The lowest BCUT2D eigenvalue weighted by Crippen LogP contribution is -2.49. The van der Waals surface area contributed by atoms with Crippen LogP contribution in [-0.4, -0.2) is 41.3 Å². The number of carbonyl (C=O) groups excluding carboxylic acids is 1. The number of piperidine rings is 1. The summed E-state index contributed by atoms with van der Waals surface area (Å²) in [5.74, 6) is 5.84. The number of esters is 1. The zero-order valence-corrected chi connectivity index (χ0v) is 18.9. The molecule has 1 aliphatic rings. The van der Waals surface area contributed by atoms with Crippen molar-refractivity contribution in [3.05, 3.63) is 57.8 Å². The molecule has 160 valence electrons. The third-order valence-corrected chi connectivity index (χ3v) is 6.27. The third kappa shape index (κ3) is 6.18. The van der Waals surface area contributed by atoms with Crippen LogP contribution in [0.4, 0.5) is 0 Å². The maximum atomic E-state index is 13.0. The molecular weight excluding hydrogens is 394 g/mol. The molecule has 2 aromatic rings. The summed E-state index contributed by atoms with van der Waals surface area (Å²) in [4.78, 5) is 17.5. The van der Waals surface area contributed by atoms with Gasteiger partial charge in [-0.2, -0.15) is 0 Å². The predicted octanol–water partition coefficient (Wildman–Crippen LogP) is 4.26. The number of aliphatic hydroxyl groups is 1. The summed E-state index contributed by atoms with van der Waals surface area (Å²) in [5.41, 5.74) is -0.322. The predicted molar refractivity (Wildman–Crippen MR) is 121 cm³/mol. The van der Waals surface area contributed by atoms with Gasteiger partial charge in [0.2, 0.25) is 0 Å². The van der Waals surface area contributed by atoms with E-state index in [0.29, 0.717) is 19.6 Å². The minimum atomic E-state index is -0.992. The van der Waals surface area contributed by atoms with Crippen LogP contribution >= 0.6 is 11.3 Å². The zero-order chi connectivity index (χ0) is 21.6. The third-order valence-electron chi connectivity index (χ3n) is 5.28. The minimum Gasteiger partial charge on any atom is -0.466 e. The Morgan fingerprint density at radius 1 is 1.27 bits per heavy atom. The second-order valence-electron chi connectivity index (χ2n) is 8.55. The van der Waals surface area contributed by atoms with Crippen LogP contribution in [0.1, 0.15) is 48.9 Å². The maximum Gasteiger partial charge on any atom is 0.313 e. The molecule has 0 unspecified atom stereocenters. The van der Waals surface area contributed by atoms with E-state index >= 15 is 0 Å². The van der Waals surface area contributed by atoms with E-state index in [-0.39, 0.29) is 5.97 Å². The van der Waals surface area contributed by atoms with Gasteiger partial charge < -0.3 is 9.84 Å². The Morgan fingerprint density at radius 2 is 2.03 bits per heavy atom. The number of benzene rings is 1. The van der Waals surface area contributed by atoms with E-state index in [4.69, 9.17) is 4.74 Å². The molecule has 0 aliphatic carbocycles. The van der Waals surface area contributed by atoms with E-state index in [0.717, 1.165) is 30.8 Å². The molecule has 1 N–H and O–H groups in total. The Morgan fingerprint density at radius 3 is 2.73 bits per heavy atom. The summed E-state index contributed by atoms with van der Waals surface area (Å²) < 4.78 is 5.52. The van der Waals surface area contributed by atoms with Gasteiger partial charge in [0.05, 0.1) is 16.9 Å². The number of hydrogen-bond donors (Lipinski definition) is 1. The second kappa shape index (κ2) is 9.78. The summed E-state index contributed by atoms with van der Waals surface area (Å²) in [6, 6.07) is 14.3. The van der Waals surface area contributed by atoms with Crippen LogP contribution in [-0.2, 0) is 22.5 Å². The summed E-state index contributed by atoms with van der Waals surface area (Å²) in [6.07, 6.45) is 2.53. The monoisotopic (exact) mass is 425 g/mol. The van der Waals surface area contributed by atoms with E-state index < -0.39 is 11.0 Å². The highest BCUT2D eigenvalue weighted by Crippen LogP contribution is 2.36. The number of carbonyl (C=O) groups is 1. The molecular formula is C25H31NO3S. The van der Waals surface area contributed by atoms with Gasteiger partial charge in [0, 0.05) is 18.0 Å². The summed E-state index contributed by atoms with van der Waals surface area (Å²) >= 11 is 1.65. The number of ether oxygens (including phenoxy) is 1. The lowest BCUT2D eigenvalue weighted by Gasteiger charge is -2.41. The van der Waals surface area contributed by atoms with E-state index in [1.54, 1.807) is 25.2 Å². The van der Waals surface area contributed by atoms with Crippen molar-refractivity contribution in [1.29, 1.82) is 0 Å². The Balaban J connectivity index is 1.74. The summed E-state index contributed by atoms with van der Waals surface area (Å²) in [7, 11) is 0. The van der Waals surface area contributed by atoms with Gasteiger partial charge >= 0.3 is 5.97 Å². The van der Waals surface area contributed by atoms with Gasteiger partial charge in [-0.3, -0.25) is 9.69 Å². The fourth-order valence-electron chi connectivity index (χ4n) is 3.98. The first kappa shape index (κ1) is 22.6. The van der Waals surface area contributed by atoms with Gasteiger partial charge in [-0.1, -0.05) is 42.2 Å². The highest BCUT2D eigenvalue weighted by Gasteiger charge is 2.43. The highest BCUT2D eigenvalue weighted by atomic mass is 32.1. The molecule has 1 saturated heterocycles. The fourth-order valence-corrected chi connectivity index (χ4v) is 4.88. The Kier molecular flexibility index (Phi) is 7.36. The average molecular weight is 426 g/mol. The van der Waals surface area contributed by atoms with Crippen molar-refractivity contribution in [2.24, 2.45) is 5.41 Å². The van der Waals surface area contributed by atoms with Crippen LogP contribution in [0, 0.1) is 17.3 Å². The molecule has 1 aromatic heterocycles. The first-order valence-corrected chi connectivity index (χ1v) is 11.4. The van der Waals surface area contributed by atoms with Crippen LogP contribution in [0.3, 0.4) is 0 Å². The van der Waals surface area contributed by atoms with Crippen molar-refractivity contribution >= 4 is 17.3 Å². The maximum absolute atomic E-state index is 13.0. The molecule has 5 heteroatoms. The van der Waals surface area contributed by atoms with Gasteiger partial charge in [-0.15, -0.1) is 11.3 Å². The summed E-state index contributed by atoms with van der Waals surface area (Å²) in [5, 5.41) is 9.80. The van der Waals surface area contributed by atoms with Gasteiger partial charge in [-0.25, -0.2) is 0 Å². The molecule has 0 amide bonds. The van der Waals surface area contributed by atoms with Gasteiger partial charge in [0.1, 0.15) is 5.60 Å². The van der Waals surface area contributed by atoms with E-state index in [1.807, 2.05) is 31.2 Å². The van der Waals surface area contributed by atoms with Gasteiger partial charge in [0.15, 0.2) is 0 Å². The van der Waals surface area contributed by atoms with E-state index in [9.17, 15) is 9.90 Å². The number of likely N-dealkylation sites (tertiary alicyclic amines) is 1.